The van der Waals surface area contributed by atoms with Crippen LogP contribution in [0.5, 0.6) is 0 Å². The van der Waals surface area contributed by atoms with Gasteiger partial charge in [-0.25, -0.2) is 18.6 Å². The van der Waals surface area contributed by atoms with Crippen molar-refractivity contribution in [1.82, 2.24) is 9.84 Å². The maximum Gasteiger partial charge on any atom is 0.439 e. The molecule has 0 aromatic rings. The van der Waals surface area contributed by atoms with E-state index >= 15 is 0 Å². The molecule has 1 fully saturated rings. The molecule has 1 unspecified atom stereocenters. The van der Waals surface area contributed by atoms with Gasteiger partial charge in [-0.3, -0.25) is 4.18 Å². The van der Waals surface area contributed by atoms with Gasteiger partial charge in [-0.05, 0) is 6.92 Å². The molecule has 1 saturated heterocycles. The number of nitrogens with one attached hydrogen (secondary N) is 1. The van der Waals surface area contributed by atoms with Gasteiger partial charge in [-0.1, -0.05) is 0 Å². The lowest BCUT2D eigenvalue weighted by Gasteiger charge is -2.20. The van der Waals surface area contributed by atoms with Crippen molar-refractivity contribution in [2.45, 2.75) is 13.0 Å². The van der Waals surface area contributed by atoms with Gasteiger partial charge in [0, 0.05) is 7.05 Å². The van der Waals surface area contributed by atoms with E-state index in [0.29, 0.717) is 4.41 Å². The van der Waals surface area contributed by atoms with Crippen molar-refractivity contribution < 1.29 is 30.6 Å². The highest BCUT2D eigenvalue weighted by Gasteiger charge is 2.35. The lowest BCUT2D eigenvalue weighted by molar-refractivity contribution is 0.0718. The Morgan fingerprint density at radius 3 is 2.56 bits per heavy atom. The van der Waals surface area contributed by atoms with E-state index in [2.05, 4.69) is 9.61 Å². The number of hydrogen-bond donors (Lipinski definition) is 1. The van der Waals surface area contributed by atoms with Gasteiger partial charge in [-0.15, -0.1) is 4.41 Å². The number of carbonyl (C=O) groups is 1. The number of hydrazine groups is 1. The van der Waals surface area contributed by atoms with Gasteiger partial charge in [0.1, 0.15) is 18.5 Å². The minimum Gasteiger partial charge on any atom is -0.441 e. The van der Waals surface area contributed by atoms with Crippen molar-refractivity contribution in [3.8, 4) is 0 Å². The van der Waals surface area contributed by atoms with Gasteiger partial charge in [0.2, 0.25) is 0 Å². The number of ether oxygens (including phenoxy) is 1. The smallest absolute Gasteiger partial charge is 0.439 e. The van der Waals surface area contributed by atoms with Crippen molar-refractivity contribution in [2.75, 3.05) is 25.2 Å². The standard InChI is InChI=1S/C7H14N2O7S2/c1-3-17(11,12)9(8-2)7(10)16-6-4-15-18(13,14)5-6/h6,8H,3-5H2,1-2H3. The molecule has 106 valence electrons. The maximum absolute atomic E-state index is 11.6. The summed E-state index contributed by atoms with van der Waals surface area (Å²) in [6, 6.07) is 0. The van der Waals surface area contributed by atoms with Crippen LogP contribution in [0.25, 0.3) is 0 Å². The number of amides is 1. The third kappa shape index (κ3) is 3.54. The highest BCUT2D eigenvalue weighted by Crippen LogP contribution is 2.13. The van der Waals surface area contributed by atoms with E-state index in [9.17, 15) is 21.6 Å². The molecule has 1 heterocycles. The maximum atomic E-state index is 11.6. The SMILES string of the molecule is CCS(=O)(=O)N(NC)C(=O)OC1COS(=O)(=O)C1. The van der Waals surface area contributed by atoms with Crippen LogP contribution in [0, 0.1) is 0 Å². The Kier molecular flexibility index (Phi) is 4.53. The normalized spacial score (nSPS) is 22.7. The Balaban J connectivity index is 2.71. The molecular formula is C7H14N2O7S2. The van der Waals surface area contributed by atoms with Gasteiger partial charge in [-0.2, -0.15) is 8.42 Å². The van der Waals surface area contributed by atoms with Crippen LogP contribution in [0.2, 0.25) is 0 Å². The van der Waals surface area contributed by atoms with Crippen LogP contribution in [0.15, 0.2) is 0 Å². The van der Waals surface area contributed by atoms with E-state index in [4.69, 9.17) is 4.74 Å². The zero-order chi connectivity index (χ0) is 14.0. The van der Waals surface area contributed by atoms with Gasteiger partial charge in [0.15, 0.2) is 0 Å². The predicted molar refractivity (Wildman–Crippen MR) is 60.4 cm³/mol. The first-order chi connectivity index (χ1) is 8.22. The van der Waals surface area contributed by atoms with Crippen molar-refractivity contribution in [2.24, 2.45) is 0 Å². The molecule has 11 heteroatoms. The Labute approximate surface area is 105 Å². The number of carbonyl (C=O) groups excluding carboxylic acids is 1. The summed E-state index contributed by atoms with van der Waals surface area (Å²) in [7, 11) is -6.27. The van der Waals surface area contributed by atoms with E-state index in [-0.39, 0.29) is 12.4 Å². The molecule has 0 bridgehead atoms. The number of rotatable bonds is 4. The van der Waals surface area contributed by atoms with Crippen LogP contribution >= 0.6 is 0 Å². The third-order valence-electron chi connectivity index (χ3n) is 2.10. The Bertz CT molecular complexity index is 512. The average Bonchev–Trinajstić information content (AvgIpc) is 2.58. The molecular weight excluding hydrogens is 288 g/mol. The number of sulfonamides is 1. The average molecular weight is 302 g/mol. The topological polar surface area (TPSA) is 119 Å². The zero-order valence-corrected chi connectivity index (χ0v) is 11.5. The molecule has 1 N–H and O–H groups in total. The summed E-state index contributed by atoms with van der Waals surface area (Å²) in [5.74, 6) is -0.787. The molecule has 0 aromatic carbocycles. The van der Waals surface area contributed by atoms with Gasteiger partial charge in [0.05, 0.1) is 5.75 Å². The molecule has 1 atom stereocenters. The van der Waals surface area contributed by atoms with E-state index in [1.807, 2.05) is 0 Å². The van der Waals surface area contributed by atoms with E-state index in [1.165, 1.54) is 14.0 Å². The lowest BCUT2D eigenvalue weighted by atomic mass is 10.4. The molecule has 0 aromatic heterocycles. The number of hydrogen-bond acceptors (Lipinski definition) is 8. The van der Waals surface area contributed by atoms with Crippen molar-refractivity contribution >= 4 is 26.2 Å². The minimum atomic E-state index is -3.82. The van der Waals surface area contributed by atoms with Gasteiger partial charge >= 0.3 is 6.09 Å². The van der Waals surface area contributed by atoms with Crippen LogP contribution in [0.3, 0.4) is 0 Å². The summed E-state index contributed by atoms with van der Waals surface area (Å²) in [4.78, 5) is 11.6. The molecule has 0 spiro atoms. The molecule has 9 nitrogen and oxygen atoms in total. The van der Waals surface area contributed by atoms with E-state index in [1.54, 1.807) is 0 Å². The van der Waals surface area contributed by atoms with Crippen molar-refractivity contribution in [3.05, 3.63) is 0 Å². The largest absolute Gasteiger partial charge is 0.441 e. The zero-order valence-electron chi connectivity index (χ0n) is 9.82. The van der Waals surface area contributed by atoms with Crippen molar-refractivity contribution in [1.29, 1.82) is 0 Å². The van der Waals surface area contributed by atoms with E-state index in [0.717, 1.165) is 0 Å². The Hall–Kier alpha value is -0.910. The highest BCUT2D eigenvalue weighted by molar-refractivity contribution is 7.89. The molecule has 18 heavy (non-hydrogen) atoms. The van der Waals surface area contributed by atoms with Crippen LogP contribution in [-0.2, 0) is 29.1 Å². The van der Waals surface area contributed by atoms with Gasteiger partial charge in [0.25, 0.3) is 20.1 Å². The first-order valence-corrected chi connectivity index (χ1v) is 8.18. The minimum absolute atomic E-state index is 0.303. The molecule has 1 aliphatic rings. The monoisotopic (exact) mass is 302 g/mol. The first kappa shape index (κ1) is 15.1. The van der Waals surface area contributed by atoms with Gasteiger partial charge < -0.3 is 4.74 Å². The quantitative estimate of drug-likeness (QED) is 0.499. The highest BCUT2D eigenvalue weighted by atomic mass is 32.2. The summed E-state index contributed by atoms with van der Waals surface area (Å²) in [5, 5.41) is 0. The van der Waals surface area contributed by atoms with Crippen LogP contribution < -0.4 is 5.43 Å². The second kappa shape index (κ2) is 5.38. The predicted octanol–water partition coefficient (Wildman–Crippen LogP) is -1.36. The van der Waals surface area contributed by atoms with Crippen LogP contribution in [0.1, 0.15) is 6.92 Å². The molecule has 1 rings (SSSR count). The second-order valence-electron chi connectivity index (χ2n) is 3.40. The molecule has 0 radical (unpaired) electrons. The summed E-state index contributed by atoms with van der Waals surface area (Å²) >= 11 is 0. The second-order valence-corrected chi connectivity index (χ2v) is 7.19. The lowest BCUT2D eigenvalue weighted by Crippen LogP contribution is -2.47. The van der Waals surface area contributed by atoms with Crippen molar-refractivity contribution in [3.63, 3.8) is 0 Å². The van der Waals surface area contributed by atoms with E-state index < -0.39 is 38.1 Å². The molecule has 1 amide bonds. The number of nitrogens with zero attached hydrogens (tertiary/aromatic N) is 1. The summed E-state index contributed by atoms with van der Waals surface area (Å²) in [6.07, 6.45) is -2.20. The summed E-state index contributed by atoms with van der Waals surface area (Å²) < 4.78 is 54.3. The molecule has 0 saturated carbocycles. The fourth-order valence-electron chi connectivity index (χ4n) is 1.23. The van der Waals surface area contributed by atoms with Crippen LogP contribution in [-0.4, -0.2) is 58.6 Å². The summed E-state index contributed by atoms with van der Waals surface area (Å²) in [6.45, 7) is 1.05. The fraction of sp³-hybridized carbons (Fsp3) is 0.857. The summed E-state index contributed by atoms with van der Waals surface area (Å²) in [5.41, 5.74) is 2.17. The fourth-order valence-corrected chi connectivity index (χ4v) is 3.12. The Morgan fingerprint density at radius 2 is 2.17 bits per heavy atom. The molecule has 0 aliphatic carbocycles. The Morgan fingerprint density at radius 1 is 1.56 bits per heavy atom. The third-order valence-corrected chi connectivity index (χ3v) is 5.00. The van der Waals surface area contributed by atoms with Crippen LogP contribution in [0.4, 0.5) is 4.79 Å². The first-order valence-electron chi connectivity index (χ1n) is 5.00. The molecule has 1 aliphatic heterocycles.